The largest absolute Gasteiger partial charge is 0.376 e. The van der Waals surface area contributed by atoms with Gasteiger partial charge >= 0.3 is 0 Å². The second kappa shape index (κ2) is 22.9. The van der Waals surface area contributed by atoms with Gasteiger partial charge < -0.3 is 19.9 Å². The quantitative estimate of drug-likeness (QED) is 0.0954. The molecule has 0 aromatic heterocycles. The molecule has 1 aliphatic rings. The molecule has 2 N–H and O–H groups in total. The summed E-state index contributed by atoms with van der Waals surface area (Å²) in [6.45, 7) is 19.4. The summed E-state index contributed by atoms with van der Waals surface area (Å²) in [6, 6.07) is 12.4. The minimum atomic E-state index is -0.0449. The summed E-state index contributed by atoms with van der Waals surface area (Å²) in [6.07, 6.45) is 16.3. The van der Waals surface area contributed by atoms with Crippen LogP contribution in [0, 0.1) is 27.7 Å². The number of likely N-dealkylation sites (tertiary alicyclic amines) is 1. The molecule has 7 nitrogen and oxygen atoms in total. The van der Waals surface area contributed by atoms with Gasteiger partial charge in [0.1, 0.15) is 6.54 Å². The lowest BCUT2D eigenvalue weighted by Crippen LogP contribution is -2.55. The van der Waals surface area contributed by atoms with Crippen LogP contribution >= 0.6 is 0 Å². The van der Waals surface area contributed by atoms with Crippen molar-refractivity contribution in [2.45, 2.75) is 137 Å². The fraction of sp³-hybridized carbons (Fsp3) is 0.674. The molecule has 2 aromatic rings. The maximum atomic E-state index is 13.6. The summed E-state index contributed by atoms with van der Waals surface area (Å²) >= 11 is 0. The number of nitrogens with one attached hydrogen (secondary N) is 2. The van der Waals surface area contributed by atoms with E-state index in [1.165, 1.54) is 57.8 Å². The Morgan fingerprint density at radius 1 is 0.720 bits per heavy atom. The number of hydrogen-bond acceptors (Lipinski definition) is 4. The van der Waals surface area contributed by atoms with Gasteiger partial charge in [-0.15, -0.1) is 0 Å². The van der Waals surface area contributed by atoms with Crippen molar-refractivity contribution in [2.24, 2.45) is 0 Å². The third-order valence-electron chi connectivity index (χ3n) is 10.8. The minimum absolute atomic E-state index is 0.0449. The number of nitrogens with zero attached hydrogens (tertiary/aromatic N) is 2. The molecule has 280 valence electrons. The molecule has 1 saturated heterocycles. The van der Waals surface area contributed by atoms with Crippen LogP contribution in [-0.4, -0.2) is 79.7 Å². The predicted octanol–water partition coefficient (Wildman–Crippen LogP) is 9.52. The van der Waals surface area contributed by atoms with Gasteiger partial charge in [-0.05, 0) is 115 Å². The molecule has 1 fully saturated rings. The first-order valence-electron chi connectivity index (χ1n) is 20.1. The van der Waals surface area contributed by atoms with Crippen LogP contribution in [0.25, 0.3) is 0 Å². The van der Waals surface area contributed by atoms with Crippen LogP contribution in [-0.2, 0) is 14.3 Å². The zero-order valence-electron chi connectivity index (χ0n) is 32.7. The molecular formula is C43H71N4O3+. The number of para-hydroxylation sites is 2. The van der Waals surface area contributed by atoms with E-state index < -0.39 is 0 Å². The maximum Gasteiger partial charge on any atom is 0.279 e. The van der Waals surface area contributed by atoms with Gasteiger partial charge in [-0.25, -0.2) is 0 Å². The van der Waals surface area contributed by atoms with E-state index in [2.05, 4.69) is 87.4 Å². The summed E-state index contributed by atoms with van der Waals surface area (Å²) in [5.74, 6) is 0.275. The van der Waals surface area contributed by atoms with Crippen molar-refractivity contribution in [2.75, 3.05) is 63.1 Å². The number of amides is 2. The van der Waals surface area contributed by atoms with Crippen LogP contribution in [0.2, 0.25) is 0 Å². The molecular weight excluding hydrogens is 620 g/mol. The number of aryl methyl sites for hydroxylation is 4. The predicted molar refractivity (Wildman–Crippen MR) is 211 cm³/mol. The normalized spacial score (nSPS) is 16.7. The Hall–Kier alpha value is -2.74. The van der Waals surface area contributed by atoms with Gasteiger partial charge in [-0.3, -0.25) is 14.5 Å². The smallest absolute Gasteiger partial charge is 0.279 e. The van der Waals surface area contributed by atoms with E-state index in [1.54, 1.807) is 0 Å². The van der Waals surface area contributed by atoms with Crippen molar-refractivity contribution in [3.05, 3.63) is 58.7 Å². The number of benzene rings is 2. The summed E-state index contributed by atoms with van der Waals surface area (Å²) in [4.78, 5) is 29.6. The molecule has 0 saturated carbocycles. The van der Waals surface area contributed by atoms with Crippen LogP contribution in [0.3, 0.4) is 0 Å². The molecule has 7 heteroatoms. The minimum Gasteiger partial charge on any atom is -0.376 e. The number of quaternary nitrogens is 1. The van der Waals surface area contributed by atoms with E-state index in [-0.39, 0.29) is 17.9 Å². The maximum absolute atomic E-state index is 13.6. The van der Waals surface area contributed by atoms with E-state index in [0.717, 1.165) is 103 Å². The number of ether oxygens (including phenoxy) is 1. The number of carbonyl (C=O) groups excluding carboxylic acids is 2. The van der Waals surface area contributed by atoms with Crippen molar-refractivity contribution in [3.8, 4) is 0 Å². The molecule has 0 radical (unpaired) electrons. The number of carbonyl (C=O) groups is 2. The Kier molecular flexibility index (Phi) is 19.1. The number of hydrogen-bond donors (Lipinski definition) is 2. The summed E-state index contributed by atoms with van der Waals surface area (Å²) in [5, 5.41) is 6.58. The van der Waals surface area contributed by atoms with Gasteiger partial charge in [0.05, 0.1) is 25.7 Å². The lowest BCUT2D eigenvalue weighted by molar-refractivity contribution is -0.921. The van der Waals surface area contributed by atoms with Gasteiger partial charge in [-0.1, -0.05) is 88.3 Å². The van der Waals surface area contributed by atoms with E-state index in [9.17, 15) is 9.59 Å². The lowest BCUT2D eigenvalue weighted by atomic mass is 10.00. The molecule has 0 bridgehead atoms. The first kappa shape index (κ1) is 41.7. The number of anilines is 2. The van der Waals surface area contributed by atoms with Crippen molar-refractivity contribution in [1.82, 2.24) is 4.90 Å². The van der Waals surface area contributed by atoms with Crippen LogP contribution in [0.1, 0.15) is 126 Å². The van der Waals surface area contributed by atoms with Gasteiger partial charge in [0, 0.05) is 18.0 Å². The molecule has 2 atom stereocenters. The third kappa shape index (κ3) is 14.1. The van der Waals surface area contributed by atoms with Gasteiger partial charge in [0.15, 0.2) is 6.54 Å². The fourth-order valence-corrected chi connectivity index (χ4v) is 7.76. The zero-order valence-corrected chi connectivity index (χ0v) is 32.7. The van der Waals surface area contributed by atoms with Crippen LogP contribution in [0.5, 0.6) is 0 Å². The highest BCUT2D eigenvalue weighted by molar-refractivity contribution is 5.96. The van der Waals surface area contributed by atoms with Gasteiger partial charge in [-0.2, -0.15) is 0 Å². The average molecular weight is 692 g/mol. The zero-order chi connectivity index (χ0) is 36.2. The van der Waals surface area contributed by atoms with E-state index >= 15 is 0 Å². The molecule has 0 spiro atoms. The molecule has 0 aliphatic carbocycles. The second-order valence-corrected chi connectivity index (χ2v) is 15.0. The van der Waals surface area contributed by atoms with Crippen LogP contribution < -0.4 is 10.6 Å². The Labute approximate surface area is 305 Å². The Balaban J connectivity index is 1.51. The van der Waals surface area contributed by atoms with Crippen LogP contribution in [0.15, 0.2) is 36.4 Å². The Bertz CT molecular complexity index is 1240. The van der Waals surface area contributed by atoms with Crippen molar-refractivity contribution in [3.63, 3.8) is 0 Å². The molecule has 50 heavy (non-hydrogen) atoms. The second-order valence-electron chi connectivity index (χ2n) is 15.0. The van der Waals surface area contributed by atoms with Gasteiger partial charge in [0.2, 0.25) is 5.91 Å². The van der Waals surface area contributed by atoms with E-state index in [4.69, 9.17) is 4.74 Å². The van der Waals surface area contributed by atoms with Crippen molar-refractivity contribution >= 4 is 23.2 Å². The summed E-state index contributed by atoms with van der Waals surface area (Å²) in [7, 11) is 0. The monoisotopic (exact) mass is 692 g/mol. The highest BCUT2D eigenvalue weighted by Gasteiger charge is 2.30. The molecule has 1 heterocycles. The Morgan fingerprint density at radius 3 is 1.90 bits per heavy atom. The van der Waals surface area contributed by atoms with Crippen molar-refractivity contribution in [1.29, 1.82) is 0 Å². The summed E-state index contributed by atoms with van der Waals surface area (Å²) in [5.41, 5.74) is 6.41. The number of rotatable bonds is 22. The third-order valence-corrected chi connectivity index (χ3v) is 10.8. The van der Waals surface area contributed by atoms with Crippen LogP contribution in [0.4, 0.5) is 11.4 Å². The SMILES string of the molecule is CCCCC[N+](CCCCCCCCN1CCCCCCC1C(=O)Nc1c(C)cccc1C)(CCOCC)CC(=O)Nc1c(C)cccc1C. The van der Waals surface area contributed by atoms with E-state index in [0.29, 0.717) is 19.8 Å². The highest BCUT2D eigenvalue weighted by atomic mass is 16.5. The average Bonchev–Trinajstić information content (AvgIpc) is 3.07. The van der Waals surface area contributed by atoms with Gasteiger partial charge in [0.25, 0.3) is 5.91 Å². The summed E-state index contributed by atoms with van der Waals surface area (Å²) < 4.78 is 6.66. The Morgan fingerprint density at radius 2 is 1.28 bits per heavy atom. The first-order valence-corrected chi connectivity index (χ1v) is 20.1. The first-order chi connectivity index (χ1) is 24.2. The highest BCUT2D eigenvalue weighted by Crippen LogP contribution is 2.24. The fourth-order valence-electron chi connectivity index (χ4n) is 7.76. The standard InChI is InChI=1S/C43H70N4O3/c1-7-9-19-30-47(32-33-50-8-2,34-40(48)44-41-35(3)23-21-24-36(41)4)31-20-15-11-10-13-17-28-46-29-18-14-12-16-27-39(46)43(49)45-42-37(5)25-22-26-38(42)6/h21-26,39H,7-20,27-34H2,1-6H3,(H-,44,45,48,49)/p+1. The van der Waals surface area contributed by atoms with E-state index in [1.807, 2.05) is 6.07 Å². The molecule has 3 rings (SSSR count). The molecule has 2 aromatic carbocycles. The molecule has 1 aliphatic heterocycles. The topological polar surface area (TPSA) is 70.7 Å². The molecule has 2 amide bonds. The lowest BCUT2D eigenvalue weighted by Gasteiger charge is -2.38. The molecule has 2 unspecified atom stereocenters. The number of unbranched alkanes of at least 4 members (excludes halogenated alkanes) is 7. The van der Waals surface area contributed by atoms with Crippen molar-refractivity contribution < 1.29 is 18.8 Å².